The van der Waals surface area contributed by atoms with Crippen LogP contribution in [-0.2, 0) is 14.8 Å². The summed E-state index contributed by atoms with van der Waals surface area (Å²) >= 11 is 0. The van der Waals surface area contributed by atoms with Gasteiger partial charge in [-0.25, -0.2) is 13.6 Å². The lowest BCUT2D eigenvalue weighted by atomic mass is 9.84. The van der Waals surface area contributed by atoms with E-state index in [0.29, 0.717) is 12.8 Å². The van der Waals surface area contributed by atoms with Crippen LogP contribution in [-0.4, -0.2) is 25.6 Å². The van der Waals surface area contributed by atoms with Crippen molar-refractivity contribution in [2.24, 2.45) is 5.14 Å². The Bertz CT molecular complexity index is 412. The van der Waals surface area contributed by atoms with E-state index in [9.17, 15) is 13.2 Å². The summed E-state index contributed by atoms with van der Waals surface area (Å²) in [6, 6.07) is 0. The van der Waals surface area contributed by atoms with Crippen LogP contribution in [0.4, 0.5) is 0 Å². The van der Waals surface area contributed by atoms with Crippen molar-refractivity contribution in [3.8, 4) is 11.8 Å². The van der Waals surface area contributed by atoms with Gasteiger partial charge in [-0.1, -0.05) is 12.3 Å². The molecule has 1 aliphatic carbocycles. The molecule has 0 bridgehead atoms. The molecule has 0 saturated heterocycles. The lowest BCUT2D eigenvalue weighted by Gasteiger charge is -2.39. The summed E-state index contributed by atoms with van der Waals surface area (Å²) in [5.74, 6) is 4.25. The molecule has 0 radical (unpaired) electrons. The van der Waals surface area contributed by atoms with E-state index in [1.807, 2.05) is 0 Å². The lowest BCUT2D eigenvalue weighted by molar-refractivity contribution is -0.115. The number of carbonyl (C=O) groups is 1. The number of carbonyl (C=O) groups excluding carboxylic acids is 1. The van der Waals surface area contributed by atoms with Crippen LogP contribution in [0, 0.1) is 11.8 Å². The van der Waals surface area contributed by atoms with E-state index in [0.717, 1.165) is 6.42 Å². The van der Waals surface area contributed by atoms with E-state index >= 15 is 0 Å². The Labute approximate surface area is 89.5 Å². The zero-order chi connectivity index (χ0) is 11.5. The van der Waals surface area contributed by atoms with Crippen molar-refractivity contribution < 1.29 is 13.2 Å². The summed E-state index contributed by atoms with van der Waals surface area (Å²) in [5.41, 5.74) is 0. The Morgan fingerprint density at radius 2 is 2.13 bits per heavy atom. The lowest BCUT2D eigenvalue weighted by Crippen LogP contribution is -2.56. The third-order valence-electron chi connectivity index (χ3n) is 2.68. The average Bonchev–Trinajstić information content (AvgIpc) is 1.99. The van der Waals surface area contributed by atoms with Gasteiger partial charge in [0.25, 0.3) is 5.91 Å². The summed E-state index contributed by atoms with van der Waals surface area (Å²) in [7, 11) is -3.60. The minimum Gasteiger partial charge on any atom is -0.344 e. The highest BCUT2D eigenvalue weighted by atomic mass is 32.2. The Morgan fingerprint density at radius 1 is 1.53 bits per heavy atom. The van der Waals surface area contributed by atoms with E-state index in [1.165, 1.54) is 0 Å². The van der Waals surface area contributed by atoms with Gasteiger partial charge in [-0.15, -0.1) is 0 Å². The van der Waals surface area contributed by atoms with Crippen molar-refractivity contribution in [3.63, 3.8) is 0 Å². The molecule has 0 heterocycles. The minimum absolute atomic E-state index is 0.0549. The average molecular weight is 230 g/mol. The van der Waals surface area contributed by atoms with Crippen LogP contribution < -0.4 is 10.5 Å². The summed E-state index contributed by atoms with van der Waals surface area (Å²) in [6.07, 6.45) is 1.84. The second kappa shape index (κ2) is 4.21. The fourth-order valence-electron chi connectivity index (χ4n) is 1.53. The molecule has 84 valence electrons. The number of amides is 1. The molecule has 0 aromatic carbocycles. The van der Waals surface area contributed by atoms with Gasteiger partial charge < -0.3 is 5.32 Å². The van der Waals surface area contributed by atoms with Gasteiger partial charge in [0.05, 0.1) is 0 Å². The van der Waals surface area contributed by atoms with Crippen LogP contribution in [0.1, 0.15) is 26.2 Å². The molecule has 0 aromatic rings. The fourth-order valence-corrected chi connectivity index (χ4v) is 2.66. The number of hydrogen-bond donors (Lipinski definition) is 2. The molecule has 15 heavy (non-hydrogen) atoms. The number of hydrogen-bond acceptors (Lipinski definition) is 3. The normalized spacial score (nSPS) is 18.3. The molecule has 0 unspecified atom stereocenters. The van der Waals surface area contributed by atoms with Crippen LogP contribution in [0.2, 0.25) is 0 Å². The Kier molecular flexibility index (Phi) is 3.37. The highest BCUT2D eigenvalue weighted by molar-refractivity contribution is 7.90. The van der Waals surface area contributed by atoms with Crippen molar-refractivity contribution >= 4 is 15.9 Å². The fraction of sp³-hybridized carbons (Fsp3) is 0.667. The van der Waals surface area contributed by atoms with E-state index in [2.05, 4.69) is 17.2 Å². The van der Waals surface area contributed by atoms with Gasteiger partial charge in [-0.05, 0) is 25.7 Å². The largest absolute Gasteiger partial charge is 0.344 e. The van der Waals surface area contributed by atoms with Crippen LogP contribution >= 0.6 is 0 Å². The molecule has 3 N–H and O–H groups in total. The molecule has 0 spiro atoms. The van der Waals surface area contributed by atoms with Gasteiger partial charge >= 0.3 is 0 Å². The van der Waals surface area contributed by atoms with Gasteiger partial charge in [-0.2, -0.15) is 0 Å². The maximum absolute atomic E-state index is 11.3. The number of nitrogens with one attached hydrogen (secondary N) is 1. The summed E-state index contributed by atoms with van der Waals surface area (Å²) < 4.78 is 21.6. The zero-order valence-electron chi connectivity index (χ0n) is 8.54. The molecule has 1 fully saturated rings. The monoisotopic (exact) mass is 230 g/mol. The summed E-state index contributed by atoms with van der Waals surface area (Å²) in [4.78, 5) is 11.0. The summed E-state index contributed by atoms with van der Waals surface area (Å²) in [5, 5.41) is 7.58. The molecular weight excluding hydrogens is 216 g/mol. The molecule has 0 atom stereocenters. The zero-order valence-corrected chi connectivity index (χ0v) is 9.36. The Morgan fingerprint density at radius 3 is 2.47 bits per heavy atom. The minimum atomic E-state index is -3.60. The molecule has 5 nitrogen and oxygen atoms in total. The molecule has 1 rings (SSSR count). The van der Waals surface area contributed by atoms with Crippen LogP contribution in [0.15, 0.2) is 0 Å². The van der Waals surface area contributed by atoms with Crippen LogP contribution in [0.5, 0.6) is 0 Å². The maximum Gasteiger partial charge on any atom is 0.295 e. The van der Waals surface area contributed by atoms with E-state index in [1.54, 1.807) is 6.92 Å². The second-order valence-electron chi connectivity index (χ2n) is 3.64. The smallest absolute Gasteiger partial charge is 0.295 e. The van der Waals surface area contributed by atoms with Gasteiger partial charge in [-0.3, -0.25) is 4.79 Å². The van der Waals surface area contributed by atoms with Gasteiger partial charge in [0.2, 0.25) is 10.0 Å². The van der Waals surface area contributed by atoms with Gasteiger partial charge in [0, 0.05) is 6.54 Å². The topological polar surface area (TPSA) is 89.3 Å². The first-order valence-corrected chi connectivity index (χ1v) is 6.19. The Hall–Kier alpha value is -1.06. The van der Waals surface area contributed by atoms with Crippen molar-refractivity contribution in [3.05, 3.63) is 0 Å². The maximum atomic E-state index is 11.3. The van der Waals surface area contributed by atoms with Crippen LogP contribution in [0.25, 0.3) is 0 Å². The first-order valence-electron chi connectivity index (χ1n) is 4.64. The molecular formula is C9H14N2O3S. The first-order chi connectivity index (χ1) is 6.91. The van der Waals surface area contributed by atoms with E-state index < -0.39 is 20.7 Å². The Balaban J connectivity index is 2.62. The van der Waals surface area contributed by atoms with Crippen molar-refractivity contribution in [2.45, 2.75) is 30.9 Å². The van der Waals surface area contributed by atoms with E-state index in [4.69, 9.17) is 5.14 Å². The third kappa shape index (κ3) is 2.49. The predicted octanol–water partition coefficient (Wildman–Crippen LogP) is -0.663. The van der Waals surface area contributed by atoms with Gasteiger partial charge in [0.1, 0.15) is 4.75 Å². The van der Waals surface area contributed by atoms with Crippen molar-refractivity contribution in [2.75, 3.05) is 6.54 Å². The van der Waals surface area contributed by atoms with Crippen molar-refractivity contribution in [1.82, 2.24) is 5.32 Å². The highest BCUT2D eigenvalue weighted by Gasteiger charge is 2.47. The second-order valence-corrected chi connectivity index (χ2v) is 5.60. The van der Waals surface area contributed by atoms with Gasteiger partial charge in [0.15, 0.2) is 0 Å². The number of sulfonamides is 1. The van der Waals surface area contributed by atoms with Crippen LogP contribution in [0.3, 0.4) is 0 Å². The molecule has 1 aliphatic rings. The highest BCUT2D eigenvalue weighted by Crippen LogP contribution is 2.37. The van der Waals surface area contributed by atoms with Crippen molar-refractivity contribution in [1.29, 1.82) is 0 Å². The molecule has 0 aromatic heterocycles. The number of primary sulfonamides is 1. The molecule has 1 saturated carbocycles. The first kappa shape index (κ1) is 12.0. The standard InChI is InChI=1S/C9H14N2O3S/c1-2-4-8(12)11-7-9(5-3-6-9)15(10,13)14/h3,5-7H2,1H3,(H,11,12)(H2,10,13,14). The summed E-state index contributed by atoms with van der Waals surface area (Å²) in [6.45, 7) is 1.59. The molecule has 6 heteroatoms. The number of nitrogens with two attached hydrogens (primary N) is 1. The SMILES string of the molecule is CC#CC(=O)NCC1(S(N)(=O)=O)CCC1. The predicted molar refractivity (Wildman–Crippen MR) is 56.1 cm³/mol. The quantitative estimate of drug-likeness (QED) is 0.630. The molecule has 1 amide bonds. The third-order valence-corrected chi connectivity index (χ3v) is 4.44. The van der Waals surface area contributed by atoms with E-state index in [-0.39, 0.29) is 6.54 Å². The molecule has 0 aliphatic heterocycles. The number of rotatable bonds is 3.